The molecule has 0 aliphatic heterocycles. The van der Waals surface area contributed by atoms with Crippen LogP contribution in [0.1, 0.15) is 36.8 Å². The summed E-state index contributed by atoms with van der Waals surface area (Å²) < 4.78 is 5.31. The van der Waals surface area contributed by atoms with Crippen LogP contribution in [0.25, 0.3) is 10.9 Å². The fraction of sp³-hybridized carbons (Fsp3) is 0.286. The number of pyridine rings is 1. The molecular weight excluding hydrogens is 282 g/mol. The van der Waals surface area contributed by atoms with E-state index in [1.807, 2.05) is 18.3 Å². The maximum absolute atomic E-state index is 5.31. The monoisotopic (exact) mass is 305 g/mol. The largest absolute Gasteiger partial charge is 0.497 e. The minimum absolute atomic E-state index is 0.548. The van der Waals surface area contributed by atoms with Gasteiger partial charge in [-0.15, -0.1) is 0 Å². The van der Waals surface area contributed by atoms with Crippen molar-refractivity contribution in [1.29, 1.82) is 0 Å². The Balaban J connectivity index is 1.59. The summed E-state index contributed by atoms with van der Waals surface area (Å²) in [5.74, 6) is 1.49. The van der Waals surface area contributed by atoms with Gasteiger partial charge in [0.15, 0.2) is 0 Å². The Hall–Kier alpha value is -2.35. The molecule has 1 unspecified atom stereocenters. The zero-order valence-electron chi connectivity index (χ0n) is 13.8. The maximum Gasteiger partial charge on any atom is 0.119 e. The van der Waals surface area contributed by atoms with Crippen molar-refractivity contribution in [3.05, 3.63) is 71.9 Å². The summed E-state index contributed by atoms with van der Waals surface area (Å²) in [6.07, 6.45) is 5.32. The third-order valence-electron chi connectivity index (χ3n) is 4.43. The lowest BCUT2D eigenvalue weighted by Crippen LogP contribution is -1.96. The van der Waals surface area contributed by atoms with Gasteiger partial charge in [0.2, 0.25) is 0 Å². The van der Waals surface area contributed by atoms with Gasteiger partial charge in [0.1, 0.15) is 5.75 Å². The lowest BCUT2D eigenvalue weighted by molar-refractivity contribution is 0.413. The highest BCUT2D eigenvalue weighted by Crippen LogP contribution is 2.25. The molecule has 3 aromatic rings. The minimum Gasteiger partial charge on any atom is -0.497 e. The van der Waals surface area contributed by atoms with E-state index in [0.29, 0.717) is 5.92 Å². The number of hydrogen-bond acceptors (Lipinski definition) is 2. The Morgan fingerprint density at radius 2 is 1.96 bits per heavy atom. The van der Waals surface area contributed by atoms with Crippen LogP contribution in [0.4, 0.5) is 0 Å². The SMILES string of the molecule is COc1cccc(C(C)CCCc2ccc3ncccc3c2)c1. The van der Waals surface area contributed by atoms with E-state index in [2.05, 4.69) is 54.4 Å². The molecule has 3 rings (SSSR count). The summed E-state index contributed by atoms with van der Waals surface area (Å²) in [5.41, 5.74) is 3.82. The van der Waals surface area contributed by atoms with E-state index in [1.165, 1.54) is 29.4 Å². The average molecular weight is 305 g/mol. The molecule has 1 aromatic heterocycles. The molecule has 23 heavy (non-hydrogen) atoms. The first-order chi connectivity index (χ1) is 11.3. The number of aryl methyl sites for hydroxylation is 1. The molecule has 0 aliphatic carbocycles. The Morgan fingerprint density at radius 1 is 1.04 bits per heavy atom. The molecule has 0 fully saturated rings. The highest BCUT2D eigenvalue weighted by molar-refractivity contribution is 5.78. The molecular formula is C21H23NO. The number of rotatable bonds is 6. The van der Waals surface area contributed by atoms with Crippen LogP contribution in [0.2, 0.25) is 0 Å². The number of benzene rings is 2. The summed E-state index contributed by atoms with van der Waals surface area (Å²) in [5, 5.41) is 1.23. The molecule has 1 atom stereocenters. The standard InChI is InChI=1S/C21H23NO/c1-16(18-8-4-10-20(15-18)23-2)6-3-7-17-11-12-21-19(14-17)9-5-13-22-21/h4-5,8-16H,3,6-7H2,1-2H3. The van der Waals surface area contributed by atoms with Crippen molar-refractivity contribution in [3.8, 4) is 5.75 Å². The molecule has 0 radical (unpaired) electrons. The predicted molar refractivity (Wildman–Crippen MR) is 96.1 cm³/mol. The van der Waals surface area contributed by atoms with Crippen LogP contribution >= 0.6 is 0 Å². The van der Waals surface area contributed by atoms with Crippen molar-refractivity contribution in [3.63, 3.8) is 0 Å². The Labute approximate surface area is 138 Å². The summed E-state index contributed by atoms with van der Waals surface area (Å²) in [6.45, 7) is 2.29. The molecule has 118 valence electrons. The average Bonchev–Trinajstić information content (AvgIpc) is 2.61. The Morgan fingerprint density at radius 3 is 2.83 bits per heavy atom. The quantitative estimate of drug-likeness (QED) is 0.611. The van der Waals surface area contributed by atoms with Crippen molar-refractivity contribution in [2.24, 2.45) is 0 Å². The molecule has 1 heterocycles. The van der Waals surface area contributed by atoms with Crippen molar-refractivity contribution < 1.29 is 4.74 Å². The van der Waals surface area contributed by atoms with E-state index in [0.717, 1.165) is 17.7 Å². The van der Waals surface area contributed by atoms with Crippen molar-refractivity contribution >= 4 is 10.9 Å². The van der Waals surface area contributed by atoms with Gasteiger partial charge in [-0.05, 0) is 66.6 Å². The third kappa shape index (κ3) is 3.89. The summed E-state index contributed by atoms with van der Waals surface area (Å²) in [4.78, 5) is 4.37. The van der Waals surface area contributed by atoms with Gasteiger partial charge in [0, 0.05) is 11.6 Å². The normalized spacial score (nSPS) is 12.3. The van der Waals surface area contributed by atoms with Crippen LogP contribution in [0, 0.1) is 0 Å². The van der Waals surface area contributed by atoms with Gasteiger partial charge in [-0.2, -0.15) is 0 Å². The van der Waals surface area contributed by atoms with Crippen LogP contribution in [0.5, 0.6) is 5.75 Å². The van der Waals surface area contributed by atoms with Gasteiger partial charge >= 0.3 is 0 Å². The van der Waals surface area contributed by atoms with Crippen LogP contribution in [0.15, 0.2) is 60.8 Å². The predicted octanol–water partition coefficient (Wildman–Crippen LogP) is 5.37. The zero-order valence-corrected chi connectivity index (χ0v) is 13.8. The minimum atomic E-state index is 0.548. The third-order valence-corrected chi connectivity index (χ3v) is 4.43. The first kappa shape index (κ1) is 15.5. The van der Waals surface area contributed by atoms with E-state index in [9.17, 15) is 0 Å². The lowest BCUT2D eigenvalue weighted by atomic mass is 9.94. The Kier molecular flexibility index (Phi) is 4.92. The molecule has 2 aromatic carbocycles. The highest BCUT2D eigenvalue weighted by Gasteiger charge is 2.07. The second kappa shape index (κ2) is 7.28. The van der Waals surface area contributed by atoms with E-state index in [1.54, 1.807) is 7.11 Å². The molecule has 0 saturated carbocycles. The van der Waals surface area contributed by atoms with Gasteiger partial charge < -0.3 is 4.74 Å². The van der Waals surface area contributed by atoms with Crippen LogP contribution in [-0.4, -0.2) is 12.1 Å². The van der Waals surface area contributed by atoms with E-state index < -0.39 is 0 Å². The van der Waals surface area contributed by atoms with Gasteiger partial charge in [-0.1, -0.05) is 31.2 Å². The molecule has 0 spiro atoms. The van der Waals surface area contributed by atoms with Crippen molar-refractivity contribution in [1.82, 2.24) is 4.98 Å². The van der Waals surface area contributed by atoms with Gasteiger partial charge in [-0.25, -0.2) is 0 Å². The topological polar surface area (TPSA) is 22.1 Å². The van der Waals surface area contributed by atoms with Crippen LogP contribution in [-0.2, 0) is 6.42 Å². The van der Waals surface area contributed by atoms with Crippen molar-refractivity contribution in [2.45, 2.75) is 32.1 Å². The molecule has 0 saturated heterocycles. The summed E-state index contributed by atoms with van der Waals surface area (Å²) in [7, 11) is 1.72. The van der Waals surface area contributed by atoms with Crippen LogP contribution < -0.4 is 4.74 Å². The van der Waals surface area contributed by atoms with Crippen molar-refractivity contribution in [2.75, 3.05) is 7.11 Å². The fourth-order valence-electron chi connectivity index (χ4n) is 3.01. The smallest absolute Gasteiger partial charge is 0.119 e. The van der Waals surface area contributed by atoms with Gasteiger partial charge in [-0.3, -0.25) is 4.98 Å². The van der Waals surface area contributed by atoms with Gasteiger partial charge in [0.25, 0.3) is 0 Å². The van der Waals surface area contributed by atoms with Gasteiger partial charge in [0.05, 0.1) is 12.6 Å². The number of ether oxygens (including phenoxy) is 1. The van der Waals surface area contributed by atoms with E-state index in [-0.39, 0.29) is 0 Å². The highest BCUT2D eigenvalue weighted by atomic mass is 16.5. The van der Waals surface area contributed by atoms with Crippen LogP contribution in [0.3, 0.4) is 0 Å². The lowest BCUT2D eigenvalue weighted by Gasteiger charge is -2.13. The first-order valence-electron chi connectivity index (χ1n) is 8.24. The second-order valence-corrected chi connectivity index (χ2v) is 6.10. The molecule has 0 N–H and O–H groups in total. The Bertz CT molecular complexity index is 781. The number of methoxy groups -OCH3 is 1. The summed E-state index contributed by atoms with van der Waals surface area (Å²) in [6, 6.07) is 19.1. The maximum atomic E-state index is 5.31. The molecule has 2 heteroatoms. The molecule has 0 amide bonds. The number of nitrogens with zero attached hydrogens (tertiary/aromatic N) is 1. The molecule has 0 aliphatic rings. The number of hydrogen-bond donors (Lipinski definition) is 0. The van der Waals surface area contributed by atoms with E-state index >= 15 is 0 Å². The number of aromatic nitrogens is 1. The summed E-state index contributed by atoms with van der Waals surface area (Å²) >= 11 is 0. The second-order valence-electron chi connectivity index (χ2n) is 6.10. The van der Waals surface area contributed by atoms with E-state index in [4.69, 9.17) is 4.74 Å². The zero-order chi connectivity index (χ0) is 16.1. The molecule has 0 bridgehead atoms. The fourth-order valence-corrected chi connectivity index (χ4v) is 3.01. The first-order valence-corrected chi connectivity index (χ1v) is 8.24. The number of fused-ring (bicyclic) bond motifs is 1. The molecule has 2 nitrogen and oxygen atoms in total.